The number of thiazole rings is 1. The zero-order valence-corrected chi connectivity index (χ0v) is 13.4. The molecule has 0 radical (unpaired) electrons. The highest BCUT2D eigenvalue weighted by molar-refractivity contribution is 7.13. The molecule has 0 saturated heterocycles. The molecule has 2 heterocycles. The summed E-state index contributed by atoms with van der Waals surface area (Å²) in [4.78, 5) is 8.55. The Morgan fingerprint density at radius 2 is 2.14 bits per heavy atom. The highest BCUT2D eigenvalue weighted by atomic mass is 32.1. The van der Waals surface area contributed by atoms with Gasteiger partial charge in [-0.15, -0.1) is 11.3 Å². The molecule has 112 valence electrons. The molecular formula is C18H19N3S. The first kappa shape index (κ1) is 14.7. The molecule has 3 nitrogen and oxygen atoms in total. The van der Waals surface area contributed by atoms with Gasteiger partial charge in [-0.05, 0) is 49.1 Å². The van der Waals surface area contributed by atoms with Gasteiger partial charge in [-0.25, -0.2) is 4.98 Å². The van der Waals surface area contributed by atoms with Crippen LogP contribution >= 0.6 is 11.3 Å². The number of pyridine rings is 1. The summed E-state index contributed by atoms with van der Waals surface area (Å²) in [5.41, 5.74) is 4.97. The van der Waals surface area contributed by atoms with E-state index in [9.17, 15) is 0 Å². The van der Waals surface area contributed by atoms with E-state index in [-0.39, 0.29) is 0 Å². The van der Waals surface area contributed by atoms with Crippen LogP contribution in [0.2, 0.25) is 0 Å². The number of hydrogen-bond donors (Lipinski definition) is 1. The van der Waals surface area contributed by atoms with Gasteiger partial charge in [-0.2, -0.15) is 0 Å². The van der Waals surface area contributed by atoms with Crippen molar-refractivity contribution in [1.82, 2.24) is 9.97 Å². The van der Waals surface area contributed by atoms with E-state index in [2.05, 4.69) is 52.5 Å². The van der Waals surface area contributed by atoms with Gasteiger partial charge in [-0.1, -0.05) is 12.1 Å². The fourth-order valence-electron chi connectivity index (χ4n) is 2.40. The third-order valence-electron chi connectivity index (χ3n) is 3.64. The summed E-state index contributed by atoms with van der Waals surface area (Å²) in [6, 6.07) is 10.5. The zero-order valence-electron chi connectivity index (χ0n) is 12.6. The molecule has 0 spiro atoms. The molecule has 2 aromatic heterocycles. The van der Waals surface area contributed by atoms with Gasteiger partial charge in [0.05, 0.1) is 0 Å². The lowest BCUT2D eigenvalue weighted by molar-refractivity contribution is 0.852. The van der Waals surface area contributed by atoms with Crippen LogP contribution in [0.1, 0.15) is 17.5 Å². The van der Waals surface area contributed by atoms with E-state index >= 15 is 0 Å². The smallest absolute Gasteiger partial charge is 0.123 e. The molecule has 0 aliphatic heterocycles. The third-order valence-corrected chi connectivity index (χ3v) is 4.46. The largest absolute Gasteiger partial charge is 0.385 e. The quantitative estimate of drug-likeness (QED) is 0.678. The molecule has 1 N–H and O–H groups in total. The average molecular weight is 309 g/mol. The second-order valence-electron chi connectivity index (χ2n) is 5.25. The first-order valence-corrected chi connectivity index (χ1v) is 8.34. The maximum atomic E-state index is 4.36. The molecule has 22 heavy (non-hydrogen) atoms. The molecule has 0 bridgehead atoms. The second-order valence-corrected chi connectivity index (χ2v) is 6.15. The molecule has 0 saturated carbocycles. The molecule has 0 unspecified atom stereocenters. The van der Waals surface area contributed by atoms with Crippen molar-refractivity contribution in [3.05, 3.63) is 65.4 Å². The molecule has 1 aromatic carbocycles. The van der Waals surface area contributed by atoms with E-state index in [0.29, 0.717) is 0 Å². The Hall–Kier alpha value is -2.20. The molecule has 3 rings (SSSR count). The number of nitrogens with zero attached hydrogens (tertiary/aromatic N) is 2. The van der Waals surface area contributed by atoms with E-state index in [4.69, 9.17) is 0 Å². The van der Waals surface area contributed by atoms with Gasteiger partial charge < -0.3 is 5.32 Å². The first-order chi connectivity index (χ1) is 10.8. The predicted molar refractivity (Wildman–Crippen MR) is 93.3 cm³/mol. The fourth-order valence-corrected chi connectivity index (χ4v) is 3.03. The Balaban J connectivity index is 1.54. The lowest BCUT2D eigenvalue weighted by Crippen LogP contribution is -2.03. The monoisotopic (exact) mass is 309 g/mol. The SMILES string of the molecule is Cc1ccncc1CCCNc1cccc(-c2nccs2)c1. The number of hydrogen-bond acceptors (Lipinski definition) is 4. The Bertz CT molecular complexity index is 723. The molecule has 3 aromatic rings. The van der Waals surface area contributed by atoms with Crippen molar-refractivity contribution < 1.29 is 0 Å². The molecule has 4 heteroatoms. The second kappa shape index (κ2) is 7.18. The summed E-state index contributed by atoms with van der Waals surface area (Å²) in [5.74, 6) is 0. The van der Waals surface area contributed by atoms with E-state index in [0.717, 1.165) is 30.1 Å². The highest BCUT2D eigenvalue weighted by Crippen LogP contribution is 2.24. The molecule has 0 atom stereocenters. The van der Waals surface area contributed by atoms with Crippen molar-refractivity contribution >= 4 is 17.0 Å². The van der Waals surface area contributed by atoms with Crippen LogP contribution in [0.4, 0.5) is 5.69 Å². The zero-order chi connectivity index (χ0) is 15.2. The van der Waals surface area contributed by atoms with Crippen molar-refractivity contribution in [1.29, 1.82) is 0 Å². The molecule has 0 aliphatic rings. The first-order valence-electron chi connectivity index (χ1n) is 7.46. The lowest BCUT2D eigenvalue weighted by Gasteiger charge is -2.08. The van der Waals surface area contributed by atoms with Crippen LogP contribution in [0.25, 0.3) is 10.6 Å². The molecule has 0 fully saturated rings. The van der Waals surface area contributed by atoms with Gasteiger partial charge in [0.15, 0.2) is 0 Å². The minimum absolute atomic E-state index is 0.954. The Morgan fingerprint density at radius 3 is 2.95 bits per heavy atom. The molecule has 0 aliphatic carbocycles. The topological polar surface area (TPSA) is 37.8 Å². The van der Waals surface area contributed by atoms with E-state index < -0.39 is 0 Å². The standard InChI is InChI=1S/C18H19N3S/c1-14-7-9-19-13-16(14)5-3-8-20-17-6-2-4-15(12-17)18-21-10-11-22-18/h2,4,6-7,9-13,20H,3,5,8H2,1H3. The highest BCUT2D eigenvalue weighted by Gasteiger charge is 2.02. The molecule has 0 amide bonds. The van der Waals surface area contributed by atoms with Gasteiger partial charge in [0.1, 0.15) is 5.01 Å². The Morgan fingerprint density at radius 1 is 1.18 bits per heavy atom. The number of benzene rings is 1. The van der Waals surface area contributed by atoms with Crippen LogP contribution in [0.15, 0.2) is 54.3 Å². The number of aryl methyl sites for hydroxylation is 2. The summed E-state index contributed by atoms with van der Waals surface area (Å²) in [5, 5.41) is 6.56. The summed E-state index contributed by atoms with van der Waals surface area (Å²) in [7, 11) is 0. The van der Waals surface area contributed by atoms with Crippen molar-refractivity contribution in [2.75, 3.05) is 11.9 Å². The van der Waals surface area contributed by atoms with Gasteiger partial charge in [0.2, 0.25) is 0 Å². The third kappa shape index (κ3) is 3.71. The van der Waals surface area contributed by atoms with Gasteiger partial charge in [-0.3, -0.25) is 4.98 Å². The van der Waals surface area contributed by atoms with Crippen LogP contribution in [-0.2, 0) is 6.42 Å². The number of aromatic nitrogens is 2. The number of anilines is 1. The van der Waals surface area contributed by atoms with Crippen LogP contribution in [0.5, 0.6) is 0 Å². The van der Waals surface area contributed by atoms with Crippen molar-refractivity contribution in [2.24, 2.45) is 0 Å². The normalized spacial score (nSPS) is 10.6. The van der Waals surface area contributed by atoms with Gasteiger partial charge in [0.25, 0.3) is 0 Å². The molecular weight excluding hydrogens is 290 g/mol. The van der Waals surface area contributed by atoms with E-state index in [1.54, 1.807) is 11.3 Å². The summed E-state index contributed by atoms with van der Waals surface area (Å²) in [6.45, 7) is 3.09. The van der Waals surface area contributed by atoms with Gasteiger partial charge in [0, 0.05) is 41.8 Å². The van der Waals surface area contributed by atoms with E-state index in [1.807, 2.05) is 24.0 Å². The van der Waals surface area contributed by atoms with Crippen molar-refractivity contribution in [3.63, 3.8) is 0 Å². The number of rotatable bonds is 6. The van der Waals surface area contributed by atoms with Crippen LogP contribution in [-0.4, -0.2) is 16.5 Å². The Kier molecular flexibility index (Phi) is 4.81. The van der Waals surface area contributed by atoms with Crippen molar-refractivity contribution in [3.8, 4) is 10.6 Å². The van der Waals surface area contributed by atoms with Crippen molar-refractivity contribution in [2.45, 2.75) is 19.8 Å². The predicted octanol–water partition coefficient (Wildman–Crippen LogP) is 4.56. The summed E-state index contributed by atoms with van der Waals surface area (Å²) < 4.78 is 0. The fraction of sp³-hybridized carbons (Fsp3) is 0.222. The van der Waals surface area contributed by atoms with Crippen LogP contribution in [0, 0.1) is 6.92 Å². The maximum Gasteiger partial charge on any atom is 0.123 e. The minimum atomic E-state index is 0.954. The summed E-state index contributed by atoms with van der Waals surface area (Å²) in [6.07, 6.45) is 7.81. The summed E-state index contributed by atoms with van der Waals surface area (Å²) >= 11 is 1.67. The average Bonchev–Trinajstić information content (AvgIpc) is 3.08. The van der Waals surface area contributed by atoms with Gasteiger partial charge >= 0.3 is 0 Å². The lowest BCUT2D eigenvalue weighted by atomic mass is 10.1. The van der Waals surface area contributed by atoms with Crippen LogP contribution < -0.4 is 5.32 Å². The van der Waals surface area contributed by atoms with E-state index in [1.165, 1.54) is 16.7 Å². The Labute approximate surface area is 135 Å². The van der Waals surface area contributed by atoms with Crippen LogP contribution in [0.3, 0.4) is 0 Å². The minimum Gasteiger partial charge on any atom is -0.385 e. The number of nitrogens with one attached hydrogen (secondary N) is 1. The maximum absolute atomic E-state index is 4.36.